The highest BCUT2D eigenvalue weighted by molar-refractivity contribution is 6.39. The summed E-state index contributed by atoms with van der Waals surface area (Å²) in [5, 5.41) is 35.6. The number of phenolic OH excluding ortho intramolecular Hbond substituents is 1. The van der Waals surface area contributed by atoms with Crippen LogP contribution in [0.25, 0.3) is 0 Å². The lowest BCUT2D eigenvalue weighted by Crippen LogP contribution is -2.61. The molecule has 3 aliphatic heterocycles. The molecular formula is C75H111NO17. The van der Waals surface area contributed by atoms with E-state index in [9.17, 15) is 44.1 Å². The second kappa shape index (κ2) is 36.5. The monoisotopic (exact) mass is 1300 g/mol. The van der Waals surface area contributed by atoms with Crippen LogP contribution in [0.5, 0.6) is 11.5 Å². The van der Waals surface area contributed by atoms with Gasteiger partial charge in [0.15, 0.2) is 5.78 Å². The Kier molecular flexibility index (Phi) is 30.0. The summed E-state index contributed by atoms with van der Waals surface area (Å²) < 4.78 is 48.0. The van der Waals surface area contributed by atoms with Crippen LogP contribution >= 0.6 is 0 Å². The van der Waals surface area contributed by atoms with Crippen molar-refractivity contribution in [2.24, 2.45) is 41.4 Å². The number of aliphatic hydroxyl groups excluding tert-OH is 1. The molecular weight excluding hydrogens is 1190 g/mol. The number of allylic oxidation sites excluding steroid dienone is 9. The fraction of sp³-hybridized carbons (Fsp3) is 0.680. The van der Waals surface area contributed by atoms with E-state index in [-0.39, 0.29) is 91.5 Å². The molecule has 1 amide bonds. The topological polar surface area (TPSA) is 240 Å². The highest BCUT2D eigenvalue weighted by Crippen LogP contribution is 2.48. The zero-order valence-electron chi connectivity index (χ0n) is 58.0. The van der Waals surface area contributed by atoms with Crippen molar-refractivity contribution >= 4 is 35.4 Å². The molecule has 2 aliphatic carbocycles. The number of fused-ring (bicyclic) bond motifs is 3. The van der Waals surface area contributed by atoms with E-state index < -0.39 is 89.8 Å². The Morgan fingerprint density at radius 2 is 1.60 bits per heavy atom. The zero-order valence-corrected chi connectivity index (χ0v) is 58.0. The minimum atomic E-state index is -2.47. The molecule has 3 fully saturated rings. The smallest absolute Gasteiger partial charge is 0.507 e. The van der Waals surface area contributed by atoms with Crippen LogP contribution in [0.15, 0.2) is 83.5 Å². The number of methoxy groups -OCH3 is 3. The number of Topliss-reactive ketones (excluding diaryl/α,β-unsaturated/α-hetero) is 3. The van der Waals surface area contributed by atoms with Gasteiger partial charge in [-0.1, -0.05) is 121 Å². The van der Waals surface area contributed by atoms with Crippen molar-refractivity contribution < 1.29 is 82.0 Å². The van der Waals surface area contributed by atoms with Gasteiger partial charge in [-0.25, -0.2) is 9.59 Å². The highest BCUT2D eigenvalue weighted by Gasteiger charge is 2.53. The second-order valence-corrected chi connectivity index (χ2v) is 27.6. The molecule has 1 saturated carbocycles. The molecule has 0 aromatic heterocycles. The average Bonchev–Trinajstić information content (AvgIpc) is 0.788. The van der Waals surface area contributed by atoms with Crippen molar-refractivity contribution in [3.8, 4) is 11.5 Å². The number of esters is 1. The van der Waals surface area contributed by atoms with Crippen LogP contribution in [-0.4, -0.2) is 151 Å². The Labute approximate surface area is 553 Å². The second-order valence-electron chi connectivity index (χ2n) is 27.6. The number of carbonyl (C=O) groups is 6. The molecule has 518 valence electrons. The third-order valence-electron chi connectivity index (χ3n) is 20.3. The molecule has 2 bridgehead atoms. The van der Waals surface area contributed by atoms with Gasteiger partial charge in [0.05, 0.1) is 31.0 Å². The van der Waals surface area contributed by atoms with Crippen LogP contribution in [0.1, 0.15) is 195 Å². The Hall–Kier alpha value is -5.60. The van der Waals surface area contributed by atoms with Crippen molar-refractivity contribution in [2.75, 3.05) is 41.1 Å². The Morgan fingerprint density at radius 1 is 0.849 bits per heavy atom. The summed E-state index contributed by atoms with van der Waals surface area (Å²) in [6, 6.07) is 2.37. The van der Waals surface area contributed by atoms with Gasteiger partial charge >= 0.3 is 12.1 Å². The summed E-state index contributed by atoms with van der Waals surface area (Å²) in [5.41, 5.74) is 4.78. The van der Waals surface area contributed by atoms with Gasteiger partial charge < -0.3 is 58.1 Å². The predicted molar refractivity (Wildman–Crippen MR) is 356 cm³/mol. The molecule has 93 heavy (non-hydrogen) atoms. The number of ether oxygens (including phenoxy) is 8. The van der Waals surface area contributed by atoms with E-state index >= 15 is 0 Å². The first-order chi connectivity index (χ1) is 44.3. The maximum atomic E-state index is 14.8. The van der Waals surface area contributed by atoms with Gasteiger partial charge in [-0.3, -0.25) is 19.2 Å². The van der Waals surface area contributed by atoms with Crippen LogP contribution in [0.2, 0.25) is 0 Å². The van der Waals surface area contributed by atoms with Gasteiger partial charge in [-0.15, -0.1) is 0 Å². The number of hydrogen-bond donors (Lipinski definition) is 3. The fourth-order valence-electron chi connectivity index (χ4n) is 14.5. The van der Waals surface area contributed by atoms with Gasteiger partial charge in [0.2, 0.25) is 5.79 Å². The number of ketones is 3. The largest absolute Gasteiger partial charge is 0.513 e. The van der Waals surface area contributed by atoms with E-state index in [0.29, 0.717) is 81.8 Å². The van der Waals surface area contributed by atoms with E-state index in [1.54, 1.807) is 47.1 Å². The predicted octanol–water partition coefficient (Wildman–Crippen LogP) is 12.9. The SMILES string of the molecule is C=C(C)C1CCC(C)=CC1c1c(OC(=O)OCCO[C@@H]2CC[C@@H](C[C@@H](C)[C@@H]3CC(=O)[C@H](C)/C=C(\C)[C@@H](O)[C@@H](OC)C(=O)[C@H](C)C[C@H](C)/C=C/C=C/C=C(\C)[C@@H](OC)C[C@@H]4CC[C@@H](C)[C@@](O)(O4)C(=O)C(=O)N4CCCC[C@H]4C(=O)O3)C[C@H]2OC)ccc(CCCCC)c1O. The third kappa shape index (κ3) is 20.7. The van der Waals surface area contributed by atoms with Gasteiger partial charge in [0.1, 0.15) is 48.2 Å². The Morgan fingerprint density at radius 3 is 2.30 bits per heavy atom. The summed E-state index contributed by atoms with van der Waals surface area (Å²) in [7, 11) is 4.56. The maximum absolute atomic E-state index is 14.8. The molecule has 0 radical (unpaired) electrons. The number of hydrogen-bond acceptors (Lipinski definition) is 17. The van der Waals surface area contributed by atoms with E-state index in [0.717, 1.165) is 48.8 Å². The maximum Gasteiger partial charge on any atom is 0.513 e. The number of unbranched alkanes of at least 4 members (excludes halogenated alkanes) is 2. The normalized spacial score (nSPS) is 34.2. The van der Waals surface area contributed by atoms with Gasteiger partial charge in [0, 0.05) is 70.0 Å². The van der Waals surface area contributed by atoms with E-state index in [1.807, 2.05) is 71.1 Å². The number of aromatic hydroxyl groups is 1. The van der Waals surface area contributed by atoms with Gasteiger partial charge in [-0.2, -0.15) is 0 Å². The summed E-state index contributed by atoms with van der Waals surface area (Å²) in [5.74, 6) is -8.27. The first kappa shape index (κ1) is 76.4. The molecule has 3 heterocycles. The number of aryl methyl sites for hydroxylation is 1. The quantitative estimate of drug-likeness (QED) is 0.0432. The average molecular weight is 1300 g/mol. The highest BCUT2D eigenvalue weighted by atomic mass is 16.7. The first-order valence-electron chi connectivity index (χ1n) is 34.4. The van der Waals surface area contributed by atoms with Crippen molar-refractivity contribution in [3.63, 3.8) is 0 Å². The van der Waals surface area contributed by atoms with Crippen LogP contribution in [-0.2, 0) is 63.6 Å². The van der Waals surface area contributed by atoms with Crippen molar-refractivity contribution in [3.05, 3.63) is 94.7 Å². The van der Waals surface area contributed by atoms with Crippen molar-refractivity contribution in [1.29, 1.82) is 0 Å². The molecule has 3 N–H and O–H groups in total. The number of phenols is 1. The summed E-state index contributed by atoms with van der Waals surface area (Å²) in [6.07, 6.45) is 17.5. The number of benzene rings is 1. The lowest BCUT2D eigenvalue weighted by Gasteiger charge is -2.42. The van der Waals surface area contributed by atoms with Crippen LogP contribution in [0.4, 0.5) is 4.79 Å². The summed E-state index contributed by atoms with van der Waals surface area (Å²) in [4.78, 5) is 86.8. The Bertz CT molecular complexity index is 2870. The minimum Gasteiger partial charge on any atom is -0.507 e. The molecule has 17 atom stereocenters. The number of carbonyl (C=O) groups excluding carboxylic acids is 6. The first-order valence-corrected chi connectivity index (χ1v) is 34.4. The molecule has 18 heteroatoms. The number of nitrogens with zero attached hydrogens (tertiary/aromatic N) is 1. The number of rotatable bonds is 17. The molecule has 6 rings (SSSR count). The summed E-state index contributed by atoms with van der Waals surface area (Å²) >= 11 is 0. The number of piperidine rings is 1. The number of amides is 1. The minimum absolute atomic E-state index is 0.00972. The standard InChI is InChI=1S/C75H111NO17/c1-15-16-18-25-55-30-34-62(66(69(55)80)58-39-47(5)27-32-57(58)45(2)3)92-74(84)90-37-36-89-61-33-29-54(42-65(61)87-13)41-50(8)64-44-60(77)49(7)40-52(10)68(79)70(88-14)67(78)51(9)38-46(4)23-19-17-20-24-48(6)63(86-12)43-56-31-28-53(11)75(85,93-56)71(81)72(82)76-35-22-21-26-59(76)73(83)91-64/h17,19-20,23-24,30,34,39-40,46,49-51,53-54,56-59,61,63-65,68,70,79-80,85H,2,15-16,18,21-22,25-29,31-33,35-38,41-44H2,1,3-14H3/b20-17+,23-19+,48-24+,52-40+/t46-,49-,50-,51-,53-,54+,56+,57?,58?,59+,61-,63+,64+,65-,68-,70+,75-/m1/s1. The fourth-order valence-corrected chi connectivity index (χ4v) is 14.5. The van der Waals surface area contributed by atoms with Crippen LogP contribution in [0.3, 0.4) is 0 Å². The Balaban J connectivity index is 1.18. The van der Waals surface area contributed by atoms with E-state index in [4.69, 9.17) is 37.9 Å². The van der Waals surface area contributed by atoms with Crippen LogP contribution < -0.4 is 4.74 Å². The molecule has 2 unspecified atom stereocenters. The van der Waals surface area contributed by atoms with Gasteiger partial charge in [-0.05, 0) is 164 Å². The number of aliphatic hydroxyl groups is 2. The van der Waals surface area contributed by atoms with Crippen molar-refractivity contribution in [1.82, 2.24) is 4.90 Å². The zero-order chi connectivity index (χ0) is 68.3. The van der Waals surface area contributed by atoms with Gasteiger partial charge in [0.25, 0.3) is 11.7 Å². The van der Waals surface area contributed by atoms with Crippen LogP contribution in [0, 0.1) is 41.4 Å². The van der Waals surface area contributed by atoms with E-state index in [1.165, 1.54) is 17.6 Å². The molecule has 5 aliphatic rings. The molecule has 1 aromatic rings. The lowest BCUT2D eigenvalue weighted by molar-refractivity contribution is -0.265. The number of cyclic esters (lactones) is 1. The lowest BCUT2D eigenvalue weighted by atomic mass is 9.73. The van der Waals surface area contributed by atoms with E-state index in [2.05, 4.69) is 26.5 Å². The summed E-state index contributed by atoms with van der Waals surface area (Å²) in [6.45, 7) is 23.1. The molecule has 18 nitrogen and oxygen atoms in total. The molecule has 2 saturated heterocycles. The third-order valence-corrected chi connectivity index (χ3v) is 20.3. The van der Waals surface area contributed by atoms with Crippen molar-refractivity contribution in [2.45, 2.75) is 245 Å². The molecule has 1 aromatic carbocycles. The molecule has 0 spiro atoms.